The third kappa shape index (κ3) is 5.05. The second kappa shape index (κ2) is 13.0. The van der Waals surface area contributed by atoms with E-state index in [4.69, 9.17) is 9.47 Å². The molecule has 8 rings (SSSR count). The van der Waals surface area contributed by atoms with Crippen molar-refractivity contribution in [3.63, 3.8) is 0 Å². The number of hydrogen-bond donors (Lipinski definition) is 2. The van der Waals surface area contributed by atoms with E-state index in [0.29, 0.717) is 33.8 Å². The fourth-order valence-corrected chi connectivity index (χ4v) is 9.33. The van der Waals surface area contributed by atoms with Gasteiger partial charge in [0.25, 0.3) is 11.8 Å². The van der Waals surface area contributed by atoms with Crippen LogP contribution in [0.1, 0.15) is 52.7 Å². The van der Waals surface area contributed by atoms with Gasteiger partial charge in [-0.25, -0.2) is 0 Å². The van der Waals surface area contributed by atoms with E-state index >= 15 is 4.79 Å². The van der Waals surface area contributed by atoms with Crippen LogP contribution in [0.15, 0.2) is 103 Å². The van der Waals surface area contributed by atoms with E-state index in [1.807, 2.05) is 55.5 Å². The van der Waals surface area contributed by atoms with Gasteiger partial charge in [0.15, 0.2) is 5.78 Å². The summed E-state index contributed by atoms with van der Waals surface area (Å²) in [6.45, 7) is 3.38. The smallest absolute Gasteiger partial charge is 0.260 e. The second-order valence-corrected chi connectivity index (χ2v) is 14.5. The van der Waals surface area contributed by atoms with Gasteiger partial charge >= 0.3 is 0 Å². The molecule has 6 atom stereocenters. The number of phenolic OH excluding ortho intramolecular Hbond substituents is 1. The van der Waals surface area contributed by atoms with Gasteiger partial charge in [-0.3, -0.25) is 34.3 Å². The van der Waals surface area contributed by atoms with Crippen molar-refractivity contribution in [1.82, 2.24) is 5.01 Å². The normalized spacial score (nSPS) is 25.9. The number of ketones is 1. The second-order valence-electron chi connectivity index (χ2n) is 14.5. The molecule has 11 heteroatoms. The lowest BCUT2D eigenvalue weighted by Gasteiger charge is -2.50. The lowest BCUT2D eigenvalue weighted by atomic mass is 9.49. The molecule has 2 aliphatic heterocycles. The molecule has 3 fully saturated rings. The summed E-state index contributed by atoms with van der Waals surface area (Å²) >= 11 is 0. The van der Waals surface area contributed by atoms with E-state index in [-0.39, 0.29) is 41.6 Å². The third-order valence-corrected chi connectivity index (χ3v) is 11.8. The molecule has 0 unspecified atom stereocenters. The molecule has 11 nitrogen and oxygen atoms in total. The lowest BCUT2D eigenvalue weighted by Crippen LogP contribution is -2.53. The predicted octanol–water partition coefficient (Wildman–Crippen LogP) is 6.11. The molecule has 0 spiro atoms. The molecular weight excluding hydrogens is 686 g/mol. The van der Waals surface area contributed by atoms with Crippen molar-refractivity contribution in [1.29, 1.82) is 0 Å². The largest absolute Gasteiger partial charge is 0.507 e. The molecule has 54 heavy (non-hydrogen) atoms. The van der Waals surface area contributed by atoms with E-state index in [0.717, 1.165) is 10.6 Å². The number of aromatic hydroxyl groups is 1. The number of hydrogen-bond acceptors (Lipinski definition) is 9. The summed E-state index contributed by atoms with van der Waals surface area (Å²) in [4.78, 5) is 72.2. The first-order valence-electron chi connectivity index (χ1n) is 17.9. The molecule has 2 saturated heterocycles. The third-order valence-electron chi connectivity index (χ3n) is 11.8. The Bertz CT molecular complexity index is 2250. The van der Waals surface area contributed by atoms with Gasteiger partial charge in [0, 0.05) is 29.2 Å². The molecule has 1 saturated carbocycles. The highest BCUT2D eigenvalue weighted by Gasteiger charge is 2.71. The highest BCUT2D eigenvalue weighted by atomic mass is 16.5. The number of nitrogens with one attached hydrogen (secondary N) is 1. The number of methoxy groups -OCH3 is 2. The van der Waals surface area contributed by atoms with Gasteiger partial charge in [-0.15, -0.1) is 0 Å². The predicted molar refractivity (Wildman–Crippen MR) is 199 cm³/mol. The Morgan fingerprint density at radius 2 is 1.56 bits per heavy atom. The number of amides is 4. The topological polar surface area (TPSA) is 143 Å². The maximum atomic E-state index is 15.4. The number of aryl methyl sites for hydroxylation is 1. The van der Waals surface area contributed by atoms with E-state index in [1.165, 1.54) is 32.1 Å². The average Bonchev–Trinajstić information content (AvgIpc) is 3.56. The van der Waals surface area contributed by atoms with E-state index in [2.05, 4.69) is 5.43 Å². The summed E-state index contributed by atoms with van der Waals surface area (Å²) < 4.78 is 11.4. The van der Waals surface area contributed by atoms with E-state index in [1.54, 1.807) is 42.5 Å². The molecule has 274 valence electrons. The molecule has 0 bridgehead atoms. The number of nitrogens with zero attached hydrogens (tertiary/aromatic N) is 2. The summed E-state index contributed by atoms with van der Waals surface area (Å²) in [6, 6.07) is 25.8. The number of imide groups is 2. The zero-order chi connectivity index (χ0) is 38.1. The summed E-state index contributed by atoms with van der Waals surface area (Å²) in [5.41, 5.74) is 5.33. The quantitative estimate of drug-likeness (QED) is 0.125. The number of allylic oxidation sites excluding steroid dienone is 2. The first-order chi connectivity index (χ1) is 26.0. The van der Waals surface area contributed by atoms with Gasteiger partial charge in [-0.1, -0.05) is 59.7 Å². The Morgan fingerprint density at radius 1 is 0.852 bits per heavy atom. The van der Waals surface area contributed by atoms with Gasteiger partial charge < -0.3 is 14.6 Å². The van der Waals surface area contributed by atoms with Gasteiger partial charge in [-0.2, -0.15) is 5.01 Å². The van der Waals surface area contributed by atoms with Crippen LogP contribution in [-0.2, 0) is 24.6 Å². The van der Waals surface area contributed by atoms with Crippen LogP contribution in [0.2, 0.25) is 0 Å². The van der Waals surface area contributed by atoms with Crippen LogP contribution < -0.4 is 19.8 Å². The number of carbonyl (C=O) groups excluding carboxylic acids is 5. The number of phenols is 1. The van der Waals surface area contributed by atoms with Crippen LogP contribution in [-0.4, -0.2) is 53.7 Å². The fraction of sp³-hybridized carbons (Fsp3) is 0.279. The van der Waals surface area contributed by atoms with Crippen LogP contribution in [0, 0.1) is 30.6 Å². The van der Waals surface area contributed by atoms with Crippen molar-refractivity contribution in [3.8, 4) is 17.2 Å². The number of ether oxygens (including phenoxy) is 2. The van der Waals surface area contributed by atoms with Gasteiger partial charge in [0.2, 0.25) is 11.8 Å². The number of Topliss-reactive ketones (excluding diaryl/α,β-unsaturated/α-hetero) is 1. The van der Waals surface area contributed by atoms with Crippen molar-refractivity contribution in [2.45, 2.75) is 38.0 Å². The van der Waals surface area contributed by atoms with Crippen molar-refractivity contribution < 1.29 is 38.6 Å². The SMILES string of the molecule is COc1cc(O)c([C@H]2C3=CC[C@@H]4C(=O)N(c5ccc(C(C)=O)cc5)C(=O)[C@@H]4[C@@H]3C[C@H]3C(=O)N(Nc4ccc(C)cc4)C(=O)[C@@]23c2ccccc2)c(OC)c1. The number of benzene rings is 4. The molecule has 0 aromatic heterocycles. The van der Waals surface area contributed by atoms with Crippen molar-refractivity contribution in [2.75, 3.05) is 24.5 Å². The fourth-order valence-electron chi connectivity index (χ4n) is 9.33. The number of carbonyl (C=O) groups is 5. The Labute approximate surface area is 312 Å². The zero-order valence-electron chi connectivity index (χ0n) is 30.2. The number of hydrazine groups is 1. The van der Waals surface area contributed by atoms with Crippen molar-refractivity contribution >= 4 is 40.8 Å². The van der Waals surface area contributed by atoms with Crippen LogP contribution in [0.25, 0.3) is 0 Å². The number of rotatable bonds is 8. The Morgan fingerprint density at radius 3 is 2.20 bits per heavy atom. The molecule has 4 aromatic carbocycles. The first-order valence-corrected chi connectivity index (χ1v) is 17.9. The summed E-state index contributed by atoms with van der Waals surface area (Å²) in [5.74, 6) is -5.83. The lowest BCUT2D eigenvalue weighted by molar-refractivity contribution is -0.138. The molecule has 2 N–H and O–H groups in total. The van der Waals surface area contributed by atoms with Gasteiger partial charge in [-0.05, 0) is 74.6 Å². The Hall–Kier alpha value is -6.23. The molecule has 4 amide bonds. The average molecular weight is 726 g/mol. The molecular formula is C43H39N3O8. The van der Waals surface area contributed by atoms with Gasteiger partial charge in [0.1, 0.15) is 17.2 Å². The van der Waals surface area contributed by atoms with Crippen molar-refractivity contribution in [2.24, 2.45) is 23.7 Å². The number of anilines is 2. The molecule has 4 aromatic rings. The Balaban J connectivity index is 1.33. The van der Waals surface area contributed by atoms with Crippen LogP contribution in [0.3, 0.4) is 0 Å². The molecule has 2 aliphatic carbocycles. The molecule has 0 radical (unpaired) electrons. The highest BCUT2D eigenvalue weighted by Crippen LogP contribution is 2.66. The van der Waals surface area contributed by atoms with E-state index in [9.17, 15) is 24.3 Å². The number of fused-ring (bicyclic) bond motifs is 4. The minimum atomic E-state index is -1.60. The first kappa shape index (κ1) is 34.8. The van der Waals surface area contributed by atoms with Crippen LogP contribution >= 0.6 is 0 Å². The Kier molecular flexibility index (Phi) is 8.39. The maximum absolute atomic E-state index is 15.4. The maximum Gasteiger partial charge on any atom is 0.260 e. The minimum absolute atomic E-state index is 0.0877. The van der Waals surface area contributed by atoms with Crippen LogP contribution in [0.5, 0.6) is 17.2 Å². The standard InChI is InChI=1S/C43H39N3O8/c1-23-10-14-27(15-11-23)44-46-40(50)33-22-32-30(18-19-31-36(32)41(51)45(39(31)49)28-16-12-25(13-17-28)24(2)47)38(37-34(48)20-29(53-3)21-35(37)54-4)43(33,42(46)52)26-8-6-5-7-9-26/h5-18,20-21,31-33,36,38,44,48H,19,22H2,1-4H3/t31-,32+,33-,36-,38+,43+/m0/s1. The van der Waals surface area contributed by atoms with Crippen LogP contribution in [0.4, 0.5) is 11.4 Å². The summed E-state index contributed by atoms with van der Waals surface area (Å²) in [5, 5.41) is 13.0. The van der Waals surface area contributed by atoms with E-state index < -0.39 is 52.7 Å². The monoisotopic (exact) mass is 725 g/mol. The van der Waals surface area contributed by atoms with Gasteiger partial charge in [0.05, 0.1) is 48.8 Å². The van der Waals surface area contributed by atoms with Crippen molar-refractivity contribution in [3.05, 3.63) is 125 Å². The summed E-state index contributed by atoms with van der Waals surface area (Å²) in [6.07, 6.45) is 2.20. The minimum Gasteiger partial charge on any atom is -0.507 e. The highest BCUT2D eigenvalue weighted by molar-refractivity contribution is 6.22. The molecule has 4 aliphatic rings. The zero-order valence-corrected chi connectivity index (χ0v) is 30.2. The summed E-state index contributed by atoms with van der Waals surface area (Å²) in [7, 11) is 2.92. The molecule has 2 heterocycles.